The molecule has 0 spiro atoms. The van der Waals surface area contributed by atoms with Crippen molar-refractivity contribution >= 4 is 99.5 Å². The van der Waals surface area contributed by atoms with Gasteiger partial charge in [0.15, 0.2) is 11.2 Å². The van der Waals surface area contributed by atoms with Gasteiger partial charge in [0, 0.05) is 54.8 Å². The molecule has 2 aromatic heterocycles. The molecule has 0 atom stereocenters. The Kier molecular flexibility index (Phi) is 13.1. The van der Waals surface area contributed by atoms with Crippen LogP contribution in [0.15, 0.2) is 312 Å². The van der Waals surface area contributed by atoms with Crippen molar-refractivity contribution in [3.8, 4) is 33.4 Å². The first-order valence-electron chi connectivity index (χ1n) is 32.1. The van der Waals surface area contributed by atoms with Crippen LogP contribution in [0.25, 0.3) is 98.8 Å². The molecule has 91 heavy (non-hydrogen) atoms. The van der Waals surface area contributed by atoms with Gasteiger partial charge in [0.1, 0.15) is 11.2 Å². The molecule has 4 nitrogen and oxygen atoms in total. The van der Waals surface area contributed by atoms with Crippen LogP contribution in [0.3, 0.4) is 0 Å². The second-order valence-electron chi connectivity index (χ2n) is 24.3. The van der Waals surface area contributed by atoms with Gasteiger partial charge in [0.05, 0.1) is 28.2 Å². The van der Waals surface area contributed by atoms with Gasteiger partial charge in [-0.05, 0) is 128 Å². The van der Waals surface area contributed by atoms with Gasteiger partial charge in [0.25, 0.3) is 0 Å². The van der Waals surface area contributed by atoms with Gasteiger partial charge in [-0.2, -0.15) is 0 Å². The predicted molar refractivity (Wildman–Crippen MR) is 382 cm³/mol. The zero-order valence-electron chi connectivity index (χ0n) is 50.9. The summed E-state index contributed by atoms with van der Waals surface area (Å²) in [6, 6.07) is 112. The highest BCUT2D eigenvalue weighted by atomic mass is 16.3. The maximum Gasteiger partial charge on any atom is 0.159 e. The molecular formula is C87H64N2O2. The largest absolute Gasteiger partial charge is 0.453 e. The number of aryl methyl sites for hydroxylation is 2. The smallest absolute Gasteiger partial charge is 0.159 e. The number of fused-ring (bicyclic) bond motifs is 13. The average Bonchev–Trinajstić information content (AvgIpc) is 1.54. The lowest BCUT2D eigenvalue weighted by Crippen LogP contribution is -2.29. The second kappa shape index (κ2) is 22.1. The molecule has 0 radical (unpaired) electrons. The fraction of sp³-hybridized carbons (Fsp3) is 0.0805. The Labute approximate surface area is 530 Å². The van der Waals surface area contributed by atoms with Gasteiger partial charge in [-0.15, -0.1) is 0 Å². The van der Waals surface area contributed by atoms with Crippen molar-refractivity contribution in [3.05, 3.63) is 337 Å². The second-order valence-corrected chi connectivity index (χ2v) is 24.3. The first kappa shape index (κ1) is 54.0. The molecule has 16 aromatic rings. The number of hydrogen-bond donors (Lipinski definition) is 0. The Bertz CT molecular complexity index is 5080. The molecule has 0 aliphatic heterocycles. The number of nitrogens with zero attached hydrogens (tertiary/aromatic N) is 2. The van der Waals surface area contributed by atoms with Crippen molar-refractivity contribution in [2.75, 3.05) is 9.80 Å². The summed E-state index contributed by atoms with van der Waals surface area (Å²) >= 11 is 0. The highest BCUT2D eigenvalue weighted by Crippen LogP contribution is 2.63. The van der Waals surface area contributed by atoms with E-state index in [1.807, 2.05) is 0 Å². The van der Waals surface area contributed by atoms with Crippen molar-refractivity contribution in [1.29, 1.82) is 0 Å². The summed E-state index contributed by atoms with van der Waals surface area (Å²) in [6.07, 6.45) is 4.12. The average molecular weight is 1170 g/mol. The minimum absolute atomic E-state index is 0.831. The molecule has 0 N–H and O–H groups in total. The van der Waals surface area contributed by atoms with E-state index < -0.39 is 5.41 Å². The van der Waals surface area contributed by atoms with Gasteiger partial charge < -0.3 is 18.6 Å². The highest BCUT2D eigenvalue weighted by molar-refractivity contribution is 6.21. The topological polar surface area (TPSA) is 32.8 Å². The van der Waals surface area contributed by atoms with Crippen LogP contribution >= 0.6 is 0 Å². The minimum atomic E-state index is -0.857. The van der Waals surface area contributed by atoms with E-state index in [0.29, 0.717) is 0 Å². The van der Waals surface area contributed by atoms with Crippen LogP contribution in [0.1, 0.15) is 60.1 Å². The summed E-state index contributed by atoms with van der Waals surface area (Å²) in [4.78, 5) is 4.97. The lowest BCUT2D eigenvalue weighted by molar-refractivity contribution is 0.670. The van der Waals surface area contributed by atoms with Crippen LogP contribution in [0.2, 0.25) is 0 Å². The molecule has 17 rings (SSSR count). The first-order chi connectivity index (χ1) is 45.1. The Morgan fingerprint density at radius 3 is 1.00 bits per heavy atom. The number of hydrogen-bond acceptors (Lipinski definition) is 4. The van der Waals surface area contributed by atoms with Gasteiger partial charge in [-0.3, -0.25) is 0 Å². The molecular weight excluding hydrogens is 1100 g/mol. The van der Waals surface area contributed by atoms with Crippen LogP contribution in [0, 0.1) is 0 Å². The van der Waals surface area contributed by atoms with E-state index in [1.54, 1.807) is 0 Å². The van der Waals surface area contributed by atoms with Crippen LogP contribution < -0.4 is 9.80 Å². The quantitative estimate of drug-likeness (QED) is 0.109. The van der Waals surface area contributed by atoms with Gasteiger partial charge >= 0.3 is 0 Å². The molecule has 0 saturated carbocycles. The molecule has 434 valence electrons. The minimum Gasteiger partial charge on any atom is -0.453 e. The number of para-hydroxylation sites is 4. The van der Waals surface area contributed by atoms with Crippen molar-refractivity contribution in [2.24, 2.45) is 0 Å². The van der Waals surface area contributed by atoms with Crippen LogP contribution in [0.5, 0.6) is 0 Å². The van der Waals surface area contributed by atoms with Gasteiger partial charge in [-0.25, -0.2) is 0 Å². The summed E-state index contributed by atoms with van der Waals surface area (Å²) in [5.74, 6) is 0. The summed E-state index contributed by atoms with van der Waals surface area (Å²) in [7, 11) is 0. The molecule has 0 fully saturated rings. The lowest BCUT2D eigenvalue weighted by atomic mass is 9.67. The van der Waals surface area contributed by atoms with Crippen LogP contribution in [-0.4, -0.2) is 0 Å². The fourth-order valence-electron chi connectivity index (χ4n) is 15.2. The van der Waals surface area contributed by atoms with E-state index in [-0.39, 0.29) is 0 Å². The maximum absolute atomic E-state index is 7.38. The number of furan rings is 2. The summed E-state index contributed by atoms with van der Waals surface area (Å²) in [5.41, 5.74) is 22.9. The van der Waals surface area contributed by atoms with E-state index in [2.05, 4.69) is 327 Å². The Morgan fingerprint density at radius 2 is 0.615 bits per heavy atom. The highest BCUT2D eigenvalue weighted by Gasteiger charge is 2.49. The van der Waals surface area contributed by atoms with Crippen molar-refractivity contribution in [1.82, 2.24) is 0 Å². The van der Waals surface area contributed by atoms with E-state index >= 15 is 0 Å². The summed E-state index contributed by atoms with van der Waals surface area (Å²) < 4.78 is 14.8. The predicted octanol–water partition coefficient (Wildman–Crippen LogP) is 24.3. The number of anilines is 6. The van der Waals surface area contributed by atoms with Gasteiger partial charge in [-0.1, -0.05) is 281 Å². The van der Waals surface area contributed by atoms with Crippen molar-refractivity contribution in [2.45, 2.75) is 44.9 Å². The lowest BCUT2D eigenvalue weighted by Gasteiger charge is -2.36. The Balaban J connectivity index is 0.983. The third kappa shape index (κ3) is 8.58. The molecule has 0 amide bonds. The number of benzene rings is 14. The van der Waals surface area contributed by atoms with E-state index in [0.717, 1.165) is 137 Å². The maximum atomic E-state index is 7.38. The van der Waals surface area contributed by atoms with Crippen LogP contribution in [-0.2, 0) is 18.3 Å². The molecule has 1 aliphatic carbocycles. The van der Waals surface area contributed by atoms with Crippen LogP contribution in [0.4, 0.5) is 34.1 Å². The van der Waals surface area contributed by atoms with E-state index in [4.69, 9.17) is 8.83 Å². The Morgan fingerprint density at radius 1 is 0.286 bits per heavy atom. The normalized spacial score (nSPS) is 12.5. The molecule has 1 aliphatic rings. The van der Waals surface area contributed by atoms with Crippen molar-refractivity contribution < 1.29 is 8.83 Å². The molecule has 4 heteroatoms. The summed E-state index contributed by atoms with van der Waals surface area (Å²) in [6.45, 7) is 4.51. The van der Waals surface area contributed by atoms with E-state index in [1.165, 1.54) is 55.3 Å². The molecule has 14 aromatic carbocycles. The van der Waals surface area contributed by atoms with E-state index in [9.17, 15) is 0 Å². The molecule has 0 bridgehead atoms. The standard InChI is InChI=1S/C87H64N2O2/c1-3-25-57-47-51-63(52-48-57)88(77-45-23-43-73-71-41-21-39-65(83(71)90-85(73)77)59-27-9-5-10-28-59)79-55-75-81(69-37-19-17-35-67(69)79)82-70-38-20-18-36-68(70)80(56-76(82)87(75,61-31-13-7-14-32-61)62-33-15-8-16-34-62)89(64-53-49-58(26-4-2)50-54-64)78-46-24-44-74-72-42-22-40-66(84(72)91-86(74)78)60-29-11-6-12-30-60/h5-24,27-56H,3-4,25-26H2,1-2H3. The summed E-state index contributed by atoms with van der Waals surface area (Å²) in [5, 5.41) is 8.91. The van der Waals surface area contributed by atoms with Gasteiger partial charge in [0.2, 0.25) is 0 Å². The zero-order valence-corrected chi connectivity index (χ0v) is 50.9. The zero-order chi connectivity index (χ0) is 60.6. The number of rotatable bonds is 14. The third-order valence-electron chi connectivity index (χ3n) is 19.1. The first-order valence-corrected chi connectivity index (χ1v) is 32.1. The fourth-order valence-corrected chi connectivity index (χ4v) is 15.2. The SMILES string of the molecule is CCCc1ccc(N(c2cc3c(c4ccccc24)-c2c(cc(N(c4ccc(CCC)cc4)c4cccc5c4oc4c(-c6ccccc6)cccc45)c4ccccc24)C3(c2ccccc2)c2ccccc2)c2cccc3c2oc2c(-c4ccccc4)cccc23)cc1. The van der Waals surface area contributed by atoms with Crippen molar-refractivity contribution in [3.63, 3.8) is 0 Å². The molecule has 0 unspecified atom stereocenters. The molecule has 0 saturated heterocycles. The molecule has 2 heterocycles. The monoisotopic (exact) mass is 1170 g/mol. The third-order valence-corrected chi connectivity index (χ3v) is 19.1. The Hall–Kier alpha value is -11.2.